The Morgan fingerprint density at radius 2 is 1.91 bits per heavy atom. The molecule has 0 aromatic carbocycles. The molecule has 0 rings (SSSR count). The van der Waals surface area contributed by atoms with E-state index in [1.807, 2.05) is 0 Å². The Bertz CT molecular complexity index is 166. The molecule has 1 N–H and O–H groups in total. The lowest BCUT2D eigenvalue weighted by Gasteiger charge is -2.18. The summed E-state index contributed by atoms with van der Waals surface area (Å²) in [7, 11) is 0. The second-order valence-corrected chi connectivity index (χ2v) is 3.02. The van der Waals surface area contributed by atoms with Crippen LogP contribution in [0.15, 0.2) is 12.3 Å². The van der Waals surface area contributed by atoms with Crippen molar-refractivity contribution in [3.05, 3.63) is 12.3 Å². The molecule has 0 aliphatic carbocycles. The number of carbonyl (C=O) groups excluding carboxylic acids is 1. The molecule has 11 heavy (non-hydrogen) atoms. The minimum Gasteiger partial charge on any atom is -0.454 e. The highest BCUT2D eigenvalue weighted by molar-refractivity contribution is 5.85. The fraction of sp³-hybridized carbons (Fsp3) is 0.571. The number of carbonyl (C=O) groups is 1. The number of hydrogen-bond acceptors (Lipinski definition) is 4. The summed E-state index contributed by atoms with van der Waals surface area (Å²) in [6, 6.07) is 0. The lowest BCUT2D eigenvalue weighted by Crippen LogP contribution is -2.25. The zero-order valence-corrected chi connectivity index (χ0v) is 6.88. The molecule has 0 aromatic rings. The van der Waals surface area contributed by atoms with E-state index in [9.17, 15) is 4.79 Å². The molecule has 0 heterocycles. The highest BCUT2D eigenvalue weighted by Crippen LogP contribution is 2.09. The van der Waals surface area contributed by atoms with Crippen molar-refractivity contribution < 1.29 is 19.7 Å². The van der Waals surface area contributed by atoms with Gasteiger partial charge in [0.15, 0.2) is 0 Å². The third kappa shape index (κ3) is 4.38. The molecule has 0 saturated carbocycles. The lowest BCUT2D eigenvalue weighted by atomic mass is 10.2. The van der Waals surface area contributed by atoms with Gasteiger partial charge in [0.1, 0.15) is 5.60 Å². The van der Waals surface area contributed by atoms with E-state index in [1.165, 1.54) is 0 Å². The van der Waals surface area contributed by atoms with Gasteiger partial charge in [-0.1, -0.05) is 0 Å². The van der Waals surface area contributed by atoms with Crippen molar-refractivity contribution >= 4 is 5.97 Å². The van der Waals surface area contributed by atoms with Crippen LogP contribution in [0.2, 0.25) is 0 Å². The molecule has 0 amide bonds. The molecular formula is C7H12O4. The van der Waals surface area contributed by atoms with Crippen molar-refractivity contribution in [2.45, 2.75) is 26.4 Å². The highest BCUT2D eigenvalue weighted by atomic mass is 17.1. The van der Waals surface area contributed by atoms with Crippen LogP contribution in [0, 0.1) is 0 Å². The van der Waals surface area contributed by atoms with Crippen LogP contribution in [-0.2, 0) is 14.4 Å². The van der Waals surface area contributed by atoms with E-state index in [4.69, 9.17) is 9.99 Å². The Hall–Kier alpha value is -1.03. The first-order valence-electron chi connectivity index (χ1n) is 3.10. The summed E-state index contributed by atoms with van der Waals surface area (Å²) in [5.74, 6) is -1.18. The Morgan fingerprint density at radius 1 is 1.45 bits per heavy atom. The second kappa shape index (κ2) is 3.39. The van der Waals surface area contributed by atoms with E-state index in [0.29, 0.717) is 0 Å². The average molecular weight is 160 g/mol. The number of rotatable bonds is 2. The van der Waals surface area contributed by atoms with Crippen molar-refractivity contribution in [1.29, 1.82) is 0 Å². The molecule has 0 saturated heterocycles. The monoisotopic (exact) mass is 160 g/mol. The maximum Gasteiger partial charge on any atom is 0.377 e. The second-order valence-electron chi connectivity index (χ2n) is 3.02. The van der Waals surface area contributed by atoms with Gasteiger partial charge in [-0.05, 0) is 27.4 Å². The van der Waals surface area contributed by atoms with Gasteiger partial charge in [0, 0.05) is 0 Å². The van der Waals surface area contributed by atoms with Gasteiger partial charge in [0.2, 0.25) is 5.76 Å². The molecule has 4 heteroatoms. The van der Waals surface area contributed by atoms with E-state index in [-0.39, 0.29) is 0 Å². The topological polar surface area (TPSA) is 55.8 Å². The maximum atomic E-state index is 10.8. The van der Waals surface area contributed by atoms with Gasteiger partial charge in [0.25, 0.3) is 0 Å². The van der Waals surface area contributed by atoms with E-state index < -0.39 is 17.3 Å². The van der Waals surface area contributed by atoms with Crippen molar-refractivity contribution in [2.24, 2.45) is 0 Å². The van der Waals surface area contributed by atoms with Gasteiger partial charge < -0.3 is 9.62 Å². The summed E-state index contributed by atoms with van der Waals surface area (Å²) < 4.78 is 4.77. The molecule has 0 spiro atoms. The summed E-state index contributed by atoms with van der Waals surface area (Å²) in [6.45, 7) is 8.22. The van der Waals surface area contributed by atoms with Gasteiger partial charge in [-0.15, -0.1) is 0 Å². The molecule has 0 fully saturated rings. The lowest BCUT2D eigenvalue weighted by molar-refractivity contribution is -0.215. The minimum absolute atomic E-state index is 0.417. The van der Waals surface area contributed by atoms with Crippen molar-refractivity contribution in [1.82, 2.24) is 0 Å². The summed E-state index contributed by atoms with van der Waals surface area (Å²) in [5, 5.41) is 8.00. The Morgan fingerprint density at radius 3 is 2.18 bits per heavy atom. The van der Waals surface area contributed by atoms with Crippen LogP contribution in [0.25, 0.3) is 0 Å². The number of esters is 1. The molecule has 0 aliphatic rings. The van der Waals surface area contributed by atoms with Gasteiger partial charge in [-0.2, -0.15) is 0 Å². The normalized spacial score (nSPS) is 10.5. The third-order valence-corrected chi connectivity index (χ3v) is 0.737. The fourth-order valence-electron chi connectivity index (χ4n) is 0.372. The average Bonchev–Trinajstić information content (AvgIpc) is 1.82. The van der Waals surface area contributed by atoms with E-state index in [2.05, 4.69) is 11.5 Å². The summed E-state index contributed by atoms with van der Waals surface area (Å²) in [5.41, 5.74) is -0.599. The van der Waals surface area contributed by atoms with Crippen LogP contribution in [0.5, 0.6) is 0 Å². The Balaban J connectivity index is 3.99. The van der Waals surface area contributed by atoms with Crippen molar-refractivity contribution in [2.75, 3.05) is 0 Å². The molecule has 4 nitrogen and oxygen atoms in total. The zero-order chi connectivity index (χ0) is 9.07. The summed E-state index contributed by atoms with van der Waals surface area (Å²) in [6.07, 6.45) is 0. The smallest absolute Gasteiger partial charge is 0.377 e. The SMILES string of the molecule is C=C(OO)C(=O)OC(C)(C)C. The summed E-state index contributed by atoms with van der Waals surface area (Å²) >= 11 is 0. The molecule has 0 aromatic heterocycles. The van der Waals surface area contributed by atoms with E-state index >= 15 is 0 Å². The molecule has 0 aliphatic heterocycles. The van der Waals surface area contributed by atoms with Crippen LogP contribution < -0.4 is 0 Å². The van der Waals surface area contributed by atoms with Crippen molar-refractivity contribution in [3.8, 4) is 0 Å². The zero-order valence-electron chi connectivity index (χ0n) is 6.88. The van der Waals surface area contributed by atoms with Crippen LogP contribution in [0.4, 0.5) is 0 Å². The quantitative estimate of drug-likeness (QED) is 0.218. The molecule has 0 atom stereocenters. The molecule has 0 bridgehead atoms. The first-order valence-corrected chi connectivity index (χ1v) is 3.10. The number of ether oxygens (including phenoxy) is 1. The van der Waals surface area contributed by atoms with E-state index in [1.54, 1.807) is 20.8 Å². The van der Waals surface area contributed by atoms with Crippen LogP contribution in [0.3, 0.4) is 0 Å². The van der Waals surface area contributed by atoms with Gasteiger partial charge in [-0.3, -0.25) is 0 Å². The third-order valence-electron chi connectivity index (χ3n) is 0.737. The van der Waals surface area contributed by atoms with Crippen LogP contribution in [0.1, 0.15) is 20.8 Å². The van der Waals surface area contributed by atoms with Crippen LogP contribution >= 0.6 is 0 Å². The van der Waals surface area contributed by atoms with Crippen molar-refractivity contribution in [3.63, 3.8) is 0 Å². The van der Waals surface area contributed by atoms with Gasteiger partial charge >= 0.3 is 5.97 Å². The predicted octanol–water partition coefficient (Wildman–Crippen LogP) is 1.33. The molecule has 0 radical (unpaired) electrons. The first kappa shape index (κ1) is 9.97. The predicted molar refractivity (Wildman–Crippen MR) is 38.7 cm³/mol. The van der Waals surface area contributed by atoms with Gasteiger partial charge in [-0.25, -0.2) is 10.1 Å². The van der Waals surface area contributed by atoms with Crippen LogP contribution in [-0.4, -0.2) is 16.8 Å². The highest BCUT2D eigenvalue weighted by Gasteiger charge is 2.19. The Kier molecular flexibility index (Phi) is 3.07. The van der Waals surface area contributed by atoms with E-state index in [0.717, 1.165) is 0 Å². The molecule has 64 valence electrons. The molecular weight excluding hydrogens is 148 g/mol. The standard InChI is InChI=1S/C7H12O4/c1-5(11-9)6(8)10-7(2,3)4/h9H,1H2,2-4H3. The Labute approximate surface area is 65.4 Å². The number of hydrogen-bond donors (Lipinski definition) is 1. The largest absolute Gasteiger partial charge is 0.454 e. The maximum absolute atomic E-state index is 10.8. The fourth-order valence-corrected chi connectivity index (χ4v) is 0.372. The molecule has 0 unspecified atom stereocenters. The minimum atomic E-state index is -0.764. The first-order chi connectivity index (χ1) is 4.87. The summed E-state index contributed by atoms with van der Waals surface area (Å²) in [4.78, 5) is 14.4. The van der Waals surface area contributed by atoms with Gasteiger partial charge in [0.05, 0.1) is 0 Å².